The maximum atomic E-state index is 12.6. The average Bonchev–Trinajstić information content (AvgIpc) is 2.77. The molecule has 1 aliphatic carbocycles. The van der Waals surface area contributed by atoms with Gasteiger partial charge in [-0.3, -0.25) is 4.79 Å². The molecule has 1 saturated carbocycles. The zero-order chi connectivity index (χ0) is 14.9. The van der Waals surface area contributed by atoms with E-state index in [-0.39, 0.29) is 23.6 Å². The van der Waals surface area contributed by atoms with Crippen molar-refractivity contribution < 1.29 is 18.0 Å². The topological polar surface area (TPSA) is 55.1 Å². The molecule has 2 rings (SSSR count). The molecule has 2 unspecified atom stereocenters. The molecule has 3 N–H and O–H groups in total. The number of halogens is 4. The van der Waals surface area contributed by atoms with Gasteiger partial charge in [0.2, 0.25) is 5.91 Å². The van der Waals surface area contributed by atoms with Crippen molar-refractivity contribution in [3.8, 4) is 0 Å². The molecule has 0 aromatic heterocycles. The van der Waals surface area contributed by atoms with Crippen LogP contribution in [0.2, 0.25) is 0 Å². The molecule has 0 radical (unpaired) electrons. The minimum Gasteiger partial charge on any atom is -0.328 e. The number of alkyl halides is 3. The first-order chi connectivity index (χ1) is 9.27. The molecule has 0 saturated heterocycles. The third-order valence-corrected chi connectivity index (χ3v) is 4.09. The number of anilines is 1. The van der Waals surface area contributed by atoms with Crippen LogP contribution in [0.25, 0.3) is 0 Å². The molecule has 0 heterocycles. The number of carbonyl (C=O) groups is 1. The molecular formula is C13H14BrF3N2O. The van der Waals surface area contributed by atoms with E-state index in [4.69, 9.17) is 5.73 Å². The fourth-order valence-electron chi connectivity index (χ4n) is 2.29. The number of benzene rings is 1. The summed E-state index contributed by atoms with van der Waals surface area (Å²) in [6.07, 6.45) is -2.43. The molecule has 3 nitrogen and oxygen atoms in total. The highest BCUT2D eigenvalue weighted by molar-refractivity contribution is 9.10. The third-order valence-electron chi connectivity index (χ3n) is 3.40. The van der Waals surface area contributed by atoms with E-state index in [1.165, 1.54) is 6.07 Å². The van der Waals surface area contributed by atoms with E-state index in [9.17, 15) is 18.0 Å². The summed E-state index contributed by atoms with van der Waals surface area (Å²) in [4.78, 5) is 12.0. The Hall–Kier alpha value is -1.08. The smallest absolute Gasteiger partial charge is 0.328 e. The van der Waals surface area contributed by atoms with Gasteiger partial charge in [-0.15, -0.1) is 0 Å². The van der Waals surface area contributed by atoms with Crippen LogP contribution in [0.3, 0.4) is 0 Å². The van der Waals surface area contributed by atoms with E-state index in [0.717, 1.165) is 18.6 Å². The van der Waals surface area contributed by atoms with E-state index in [0.29, 0.717) is 17.3 Å². The Morgan fingerprint density at radius 1 is 1.35 bits per heavy atom. The monoisotopic (exact) mass is 350 g/mol. The van der Waals surface area contributed by atoms with Gasteiger partial charge in [0.15, 0.2) is 0 Å². The van der Waals surface area contributed by atoms with Crippen LogP contribution in [0.4, 0.5) is 18.9 Å². The predicted octanol–water partition coefficient (Wildman–Crippen LogP) is 3.53. The molecular weight excluding hydrogens is 337 g/mol. The lowest BCUT2D eigenvalue weighted by atomic mass is 10.1. The van der Waals surface area contributed by atoms with Crippen LogP contribution < -0.4 is 11.1 Å². The minimum atomic E-state index is -4.43. The Bertz CT molecular complexity index is 519. The molecule has 1 aromatic carbocycles. The van der Waals surface area contributed by atoms with Gasteiger partial charge in [0.1, 0.15) is 0 Å². The van der Waals surface area contributed by atoms with Crippen molar-refractivity contribution in [3.05, 3.63) is 28.2 Å². The van der Waals surface area contributed by atoms with Crippen LogP contribution in [0.5, 0.6) is 0 Å². The summed E-state index contributed by atoms with van der Waals surface area (Å²) in [5.41, 5.74) is 5.07. The number of nitrogens with one attached hydrogen (secondary N) is 1. The van der Waals surface area contributed by atoms with Crippen LogP contribution in [0.1, 0.15) is 24.8 Å². The highest BCUT2D eigenvalue weighted by Gasteiger charge is 2.32. The molecule has 2 atom stereocenters. The minimum absolute atomic E-state index is 0.00398. The van der Waals surface area contributed by atoms with Gasteiger partial charge in [0.25, 0.3) is 0 Å². The lowest BCUT2D eigenvalue weighted by Crippen LogP contribution is -2.23. The fourth-order valence-corrected chi connectivity index (χ4v) is 2.63. The maximum Gasteiger partial charge on any atom is 0.416 e. The summed E-state index contributed by atoms with van der Waals surface area (Å²) in [5, 5.41) is 2.54. The van der Waals surface area contributed by atoms with Crippen molar-refractivity contribution in [2.24, 2.45) is 11.7 Å². The molecule has 1 fully saturated rings. The van der Waals surface area contributed by atoms with Gasteiger partial charge in [0.05, 0.1) is 11.3 Å². The van der Waals surface area contributed by atoms with Gasteiger partial charge in [0, 0.05) is 16.4 Å². The van der Waals surface area contributed by atoms with Crippen molar-refractivity contribution in [1.29, 1.82) is 0 Å². The van der Waals surface area contributed by atoms with E-state index >= 15 is 0 Å². The molecule has 0 aliphatic heterocycles. The van der Waals surface area contributed by atoms with Crippen molar-refractivity contribution in [2.45, 2.75) is 31.5 Å². The number of hydrogen-bond acceptors (Lipinski definition) is 2. The summed E-state index contributed by atoms with van der Waals surface area (Å²) >= 11 is 3.14. The normalized spacial score (nSPS) is 22.9. The maximum absolute atomic E-state index is 12.6. The first-order valence-electron chi connectivity index (χ1n) is 6.20. The summed E-state index contributed by atoms with van der Waals surface area (Å²) in [5.74, 6) is -0.510. The van der Waals surface area contributed by atoms with Gasteiger partial charge in [-0.25, -0.2) is 0 Å². The second-order valence-electron chi connectivity index (χ2n) is 4.95. The molecule has 0 bridgehead atoms. The van der Waals surface area contributed by atoms with Gasteiger partial charge in [-0.2, -0.15) is 13.2 Å². The Labute approximate surface area is 122 Å². The van der Waals surface area contributed by atoms with Crippen LogP contribution >= 0.6 is 15.9 Å². The lowest BCUT2D eigenvalue weighted by molar-refractivity contribution is -0.137. The van der Waals surface area contributed by atoms with Crippen molar-refractivity contribution in [2.75, 3.05) is 5.32 Å². The predicted molar refractivity (Wildman–Crippen MR) is 73.1 cm³/mol. The van der Waals surface area contributed by atoms with Crippen LogP contribution in [0.15, 0.2) is 22.7 Å². The van der Waals surface area contributed by atoms with Gasteiger partial charge < -0.3 is 11.1 Å². The number of nitrogens with two attached hydrogens (primary N) is 1. The molecule has 1 aromatic rings. The second-order valence-corrected chi connectivity index (χ2v) is 5.81. The van der Waals surface area contributed by atoms with Crippen molar-refractivity contribution >= 4 is 27.5 Å². The highest BCUT2D eigenvalue weighted by Crippen LogP contribution is 2.34. The third kappa shape index (κ3) is 3.52. The molecule has 7 heteroatoms. The number of carbonyl (C=O) groups excluding carboxylic acids is 1. The summed E-state index contributed by atoms with van der Waals surface area (Å²) in [6.45, 7) is 0. The van der Waals surface area contributed by atoms with Crippen molar-refractivity contribution in [3.63, 3.8) is 0 Å². The first-order valence-corrected chi connectivity index (χ1v) is 7.00. The summed E-state index contributed by atoms with van der Waals surface area (Å²) in [7, 11) is 0. The molecule has 1 amide bonds. The van der Waals surface area contributed by atoms with E-state index < -0.39 is 11.7 Å². The average molecular weight is 351 g/mol. The van der Waals surface area contributed by atoms with E-state index in [2.05, 4.69) is 21.2 Å². The highest BCUT2D eigenvalue weighted by atomic mass is 79.9. The quantitative estimate of drug-likeness (QED) is 0.857. The Morgan fingerprint density at radius 3 is 2.60 bits per heavy atom. The van der Waals surface area contributed by atoms with E-state index in [1.54, 1.807) is 0 Å². The summed E-state index contributed by atoms with van der Waals surface area (Å²) in [6, 6.07) is 3.16. The fraction of sp³-hybridized carbons (Fsp3) is 0.462. The molecule has 110 valence electrons. The van der Waals surface area contributed by atoms with Crippen LogP contribution in [-0.2, 0) is 11.0 Å². The standard InChI is InChI=1S/C13H14BrF3N2O/c14-10-4-2-8(13(15,16)17)6-11(10)19-12(20)7-1-3-9(18)5-7/h2,4,6-7,9H,1,3,5,18H2,(H,19,20). The zero-order valence-electron chi connectivity index (χ0n) is 10.5. The lowest BCUT2D eigenvalue weighted by Gasteiger charge is -2.14. The Balaban J connectivity index is 2.14. The zero-order valence-corrected chi connectivity index (χ0v) is 12.1. The van der Waals surface area contributed by atoms with E-state index in [1.807, 2.05) is 0 Å². The Morgan fingerprint density at radius 2 is 2.05 bits per heavy atom. The number of rotatable bonds is 2. The summed E-state index contributed by atoms with van der Waals surface area (Å²) < 4.78 is 38.4. The Kier molecular flexibility index (Phi) is 4.39. The van der Waals surface area contributed by atoms with Crippen LogP contribution in [0, 0.1) is 5.92 Å². The van der Waals surface area contributed by atoms with Crippen molar-refractivity contribution in [1.82, 2.24) is 0 Å². The van der Waals surface area contributed by atoms with Gasteiger partial charge >= 0.3 is 6.18 Å². The van der Waals surface area contributed by atoms with Crippen LogP contribution in [-0.4, -0.2) is 11.9 Å². The number of amides is 1. The largest absolute Gasteiger partial charge is 0.416 e. The number of hydrogen-bond donors (Lipinski definition) is 2. The first kappa shape index (κ1) is 15.3. The second kappa shape index (κ2) is 5.73. The molecule has 1 aliphatic rings. The van der Waals surface area contributed by atoms with Gasteiger partial charge in [-0.1, -0.05) is 0 Å². The molecule has 0 spiro atoms. The molecule has 20 heavy (non-hydrogen) atoms. The SMILES string of the molecule is NC1CCC(C(=O)Nc2cc(C(F)(F)F)ccc2Br)C1. The van der Waals surface area contributed by atoms with Gasteiger partial charge in [-0.05, 0) is 53.4 Å².